The van der Waals surface area contributed by atoms with Gasteiger partial charge in [-0.15, -0.1) is 0 Å². The number of allylic oxidation sites excluding steroid dienone is 9. The fourth-order valence-electron chi connectivity index (χ4n) is 8.33. The van der Waals surface area contributed by atoms with Gasteiger partial charge in [-0.2, -0.15) is 0 Å². The van der Waals surface area contributed by atoms with Gasteiger partial charge in [0.25, 0.3) is 0 Å². The predicted molar refractivity (Wildman–Crippen MR) is 211 cm³/mol. The van der Waals surface area contributed by atoms with Crippen LogP contribution >= 0.6 is 0 Å². The predicted octanol–water partition coefficient (Wildman–Crippen LogP) is 12.4. The second-order valence-corrected chi connectivity index (χ2v) is 13.6. The summed E-state index contributed by atoms with van der Waals surface area (Å²) >= 11 is 0. The molecule has 0 N–H and O–H groups in total. The molecule has 0 atom stereocenters. The van der Waals surface area contributed by atoms with Gasteiger partial charge in [0.05, 0.1) is 22.2 Å². The first-order valence-electron chi connectivity index (χ1n) is 18.0. The minimum absolute atomic E-state index is 0.978. The first kappa shape index (κ1) is 29.0. The number of benzene rings is 4. The smallest absolute Gasteiger partial charge is 0.138 e. The average molecular weight is 644 g/mol. The largest absolute Gasteiger partial charge is 0.310 e. The van der Waals surface area contributed by atoms with Crippen molar-refractivity contribution in [3.63, 3.8) is 0 Å². The van der Waals surface area contributed by atoms with E-state index in [0.29, 0.717) is 0 Å². The normalized spacial score (nSPS) is 15.5. The lowest BCUT2D eigenvalue weighted by Crippen LogP contribution is -2.06. The van der Waals surface area contributed by atoms with Crippen molar-refractivity contribution in [2.75, 3.05) is 0 Å². The van der Waals surface area contributed by atoms with Crippen molar-refractivity contribution < 1.29 is 0 Å². The lowest BCUT2D eigenvalue weighted by molar-refractivity contribution is 0.871. The zero-order valence-corrected chi connectivity index (χ0v) is 28.0. The molecule has 3 heteroatoms. The zero-order valence-electron chi connectivity index (χ0n) is 28.0. The maximum absolute atomic E-state index is 5.42. The molecule has 0 amide bonds. The van der Waals surface area contributed by atoms with Crippen molar-refractivity contribution >= 4 is 50.1 Å². The highest BCUT2D eigenvalue weighted by atomic mass is 15.1. The van der Waals surface area contributed by atoms with E-state index < -0.39 is 0 Å². The Hall–Kier alpha value is -5.93. The molecule has 4 aromatic carbocycles. The second-order valence-electron chi connectivity index (χ2n) is 13.6. The van der Waals surface area contributed by atoms with Crippen LogP contribution in [0, 0.1) is 0 Å². The van der Waals surface area contributed by atoms with Gasteiger partial charge in [-0.05, 0) is 97.2 Å². The van der Waals surface area contributed by atoms with Crippen molar-refractivity contribution in [1.82, 2.24) is 14.1 Å². The summed E-state index contributed by atoms with van der Waals surface area (Å²) in [6.45, 7) is 0. The Morgan fingerprint density at radius 1 is 0.520 bits per heavy atom. The van der Waals surface area contributed by atoms with Crippen molar-refractivity contribution in [1.29, 1.82) is 0 Å². The Morgan fingerprint density at radius 2 is 1.34 bits per heavy atom. The highest BCUT2D eigenvalue weighted by molar-refractivity contribution is 6.17. The molecule has 7 aromatic rings. The number of hydrogen-bond acceptors (Lipinski definition) is 1. The summed E-state index contributed by atoms with van der Waals surface area (Å²) < 4.78 is 4.91. The van der Waals surface area contributed by atoms with Crippen LogP contribution in [0.5, 0.6) is 0 Å². The SMILES string of the molecule is C1=CC(c2cc(-c3ccccc3)nc(-n3c4c(c5ccc(-c6cccc7c6c6ccccc6n7C6=CCCC=C6)cc53)C=CCC4)c2)=CCC1. The summed E-state index contributed by atoms with van der Waals surface area (Å²) in [6.07, 6.45) is 24.9. The summed E-state index contributed by atoms with van der Waals surface area (Å²) in [7, 11) is 0. The van der Waals surface area contributed by atoms with Crippen LogP contribution in [0.3, 0.4) is 0 Å². The fraction of sp³-hybridized carbons (Fsp3) is 0.128. The van der Waals surface area contributed by atoms with Gasteiger partial charge >= 0.3 is 0 Å². The number of aromatic nitrogens is 3. The summed E-state index contributed by atoms with van der Waals surface area (Å²) in [5.41, 5.74) is 14.7. The zero-order chi connectivity index (χ0) is 33.0. The molecule has 50 heavy (non-hydrogen) atoms. The van der Waals surface area contributed by atoms with Gasteiger partial charge < -0.3 is 4.57 Å². The van der Waals surface area contributed by atoms with E-state index in [9.17, 15) is 0 Å². The molecule has 0 saturated carbocycles. The van der Waals surface area contributed by atoms with Crippen LogP contribution in [0.15, 0.2) is 146 Å². The molecule has 0 spiro atoms. The summed E-state index contributed by atoms with van der Waals surface area (Å²) in [5.74, 6) is 0.978. The molecular formula is C47H37N3. The Kier molecular flexibility index (Phi) is 6.90. The molecule has 0 saturated heterocycles. The van der Waals surface area contributed by atoms with E-state index >= 15 is 0 Å². The van der Waals surface area contributed by atoms with Crippen LogP contribution in [0.4, 0.5) is 0 Å². The van der Waals surface area contributed by atoms with Crippen LogP contribution in [0.25, 0.3) is 78.3 Å². The molecule has 0 fully saturated rings. The quantitative estimate of drug-likeness (QED) is 0.183. The number of pyridine rings is 1. The van der Waals surface area contributed by atoms with Gasteiger partial charge in [0.2, 0.25) is 0 Å². The van der Waals surface area contributed by atoms with Crippen molar-refractivity contribution in [2.24, 2.45) is 0 Å². The minimum atomic E-state index is 0.978. The van der Waals surface area contributed by atoms with Gasteiger partial charge in [0, 0.05) is 38.7 Å². The molecule has 0 aliphatic heterocycles. The summed E-state index contributed by atoms with van der Waals surface area (Å²) in [6, 6.07) is 37.9. The van der Waals surface area contributed by atoms with Crippen LogP contribution in [0.1, 0.15) is 48.9 Å². The third-order valence-electron chi connectivity index (χ3n) is 10.6. The van der Waals surface area contributed by atoms with Crippen molar-refractivity contribution in [3.05, 3.63) is 162 Å². The average Bonchev–Trinajstić information content (AvgIpc) is 3.71. The van der Waals surface area contributed by atoms with Crippen LogP contribution in [-0.2, 0) is 6.42 Å². The number of hydrogen-bond donors (Lipinski definition) is 0. The van der Waals surface area contributed by atoms with E-state index in [1.807, 2.05) is 0 Å². The van der Waals surface area contributed by atoms with Gasteiger partial charge in [-0.1, -0.05) is 115 Å². The van der Waals surface area contributed by atoms with Crippen molar-refractivity contribution in [3.8, 4) is 28.2 Å². The van der Waals surface area contributed by atoms with E-state index in [-0.39, 0.29) is 0 Å². The first-order chi connectivity index (χ1) is 24.8. The van der Waals surface area contributed by atoms with Gasteiger partial charge in [-0.3, -0.25) is 4.57 Å². The Morgan fingerprint density at radius 3 is 2.20 bits per heavy atom. The molecule has 3 nitrogen and oxygen atoms in total. The number of rotatable bonds is 5. The monoisotopic (exact) mass is 643 g/mol. The molecule has 3 aliphatic carbocycles. The molecule has 3 heterocycles. The van der Waals surface area contributed by atoms with Gasteiger partial charge in [-0.25, -0.2) is 4.98 Å². The first-order valence-corrected chi connectivity index (χ1v) is 18.0. The maximum atomic E-state index is 5.42. The number of para-hydroxylation sites is 1. The van der Waals surface area contributed by atoms with Crippen molar-refractivity contribution in [2.45, 2.75) is 38.5 Å². The lowest BCUT2D eigenvalue weighted by Gasteiger charge is -2.17. The van der Waals surface area contributed by atoms with E-state index in [1.165, 1.54) is 71.9 Å². The molecule has 3 aliphatic rings. The molecule has 240 valence electrons. The van der Waals surface area contributed by atoms with E-state index in [0.717, 1.165) is 55.6 Å². The number of nitrogens with zero attached hydrogens (tertiary/aromatic N) is 3. The molecule has 0 radical (unpaired) electrons. The van der Waals surface area contributed by atoms with Crippen LogP contribution in [0.2, 0.25) is 0 Å². The lowest BCUT2D eigenvalue weighted by atomic mass is 9.97. The molecule has 3 aromatic heterocycles. The van der Waals surface area contributed by atoms with Crippen LogP contribution < -0.4 is 0 Å². The fourth-order valence-corrected chi connectivity index (χ4v) is 8.33. The van der Waals surface area contributed by atoms with E-state index in [1.54, 1.807) is 0 Å². The van der Waals surface area contributed by atoms with Crippen LogP contribution in [-0.4, -0.2) is 14.1 Å². The Balaban J connectivity index is 1.23. The van der Waals surface area contributed by atoms with E-state index in [4.69, 9.17) is 4.98 Å². The molecular weight excluding hydrogens is 607 g/mol. The maximum Gasteiger partial charge on any atom is 0.138 e. The Bertz CT molecular complexity index is 2630. The number of fused-ring (bicyclic) bond motifs is 6. The van der Waals surface area contributed by atoms with Gasteiger partial charge in [0.15, 0.2) is 0 Å². The summed E-state index contributed by atoms with van der Waals surface area (Å²) in [4.78, 5) is 5.42. The molecule has 10 rings (SSSR count). The van der Waals surface area contributed by atoms with E-state index in [2.05, 4.69) is 161 Å². The molecule has 0 unspecified atom stereocenters. The highest BCUT2D eigenvalue weighted by Crippen LogP contribution is 2.42. The highest BCUT2D eigenvalue weighted by Gasteiger charge is 2.23. The summed E-state index contributed by atoms with van der Waals surface area (Å²) in [5, 5.41) is 3.86. The Labute approximate surface area is 292 Å². The minimum Gasteiger partial charge on any atom is -0.310 e. The standard InChI is InChI=1S/C47H37N3/c1-4-15-32(16-5-1)35-29-41(33-17-6-2-7-18-33)48-46(31-35)50-42-24-12-10-21-38(42)39-28-27-34(30-45(39)50)37-23-14-26-44-47(37)40-22-11-13-25-43(40)49(44)36-19-8-3-9-20-36/h2,4,6-8,10-11,13-23,25-31H,1,3,5,9,12,24H2. The third-order valence-corrected chi connectivity index (χ3v) is 10.6. The van der Waals surface area contributed by atoms with Gasteiger partial charge in [0.1, 0.15) is 5.82 Å². The topological polar surface area (TPSA) is 22.8 Å². The third kappa shape index (κ3) is 4.69. The second kappa shape index (κ2) is 11.9. The molecule has 0 bridgehead atoms.